The molecular formula is C22H26N2O3. The lowest BCUT2D eigenvalue weighted by Crippen LogP contribution is -2.69. The van der Waals surface area contributed by atoms with E-state index in [0.29, 0.717) is 18.9 Å². The van der Waals surface area contributed by atoms with Crippen molar-refractivity contribution in [2.24, 2.45) is 5.92 Å². The van der Waals surface area contributed by atoms with Gasteiger partial charge in [-0.05, 0) is 48.8 Å². The molecule has 1 N–H and O–H groups in total. The number of fused-ring (bicyclic) bond motifs is 1. The van der Waals surface area contributed by atoms with E-state index in [2.05, 4.69) is 17.0 Å². The molecule has 5 heteroatoms. The highest BCUT2D eigenvalue weighted by molar-refractivity contribution is 5.99. The van der Waals surface area contributed by atoms with E-state index in [-0.39, 0.29) is 23.1 Å². The quantitative estimate of drug-likeness (QED) is 0.818. The number of nitrogens with zero attached hydrogens (tertiary/aromatic N) is 2. The second-order valence-corrected chi connectivity index (χ2v) is 8.75. The Labute approximate surface area is 159 Å². The summed E-state index contributed by atoms with van der Waals surface area (Å²) in [7, 11) is 0. The van der Waals surface area contributed by atoms with Crippen molar-refractivity contribution in [2.45, 2.75) is 56.2 Å². The van der Waals surface area contributed by atoms with Crippen LogP contribution < -0.4 is 4.90 Å². The van der Waals surface area contributed by atoms with E-state index >= 15 is 0 Å². The molecule has 1 aromatic carbocycles. The maximum atomic E-state index is 13.2. The molecule has 0 unspecified atom stereocenters. The number of benzene rings is 1. The second-order valence-electron chi connectivity index (χ2n) is 8.75. The molecule has 0 radical (unpaired) electrons. The summed E-state index contributed by atoms with van der Waals surface area (Å²) in [4.78, 5) is 17.7. The molecule has 1 amide bonds. The zero-order valence-corrected chi connectivity index (χ0v) is 15.8. The number of para-hydroxylation sites is 1. The molecular weight excluding hydrogens is 340 g/mol. The number of hydrogen-bond donors (Lipinski definition) is 1. The normalized spacial score (nSPS) is 38.4. The highest BCUT2D eigenvalue weighted by atomic mass is 16.5. The average Bonchev–Trinajstić information content (AvgIpc) is 3.32. The Morgan fingerprint density at radius 2 is 2.26 bits per heavy atom. The molecule has 4 atom stereocenters. The Morgan fingerprint density at radius 3 is 3.11 bits per heavy atom. The summed E-state index contributed by atoms with van der Waals surface area (Å²) < 4.78 is 6.61. The van der Waals surface area contributed by atoms with Crippen molar-refractivity contribution in [3.8, 4) is 5.75 Å². The lowest BCUT2D eigenvalue weighted by Gasteiger charge is -2.58. The van der Waals surface area contributed by atoms with E-state index in [1.165, 1.54) is 5.57 Å². The molecule has 4 aliphatic heterocycles. The third-order valence-electron chi connectivity index (χ3n) is 7.86. The lowest BCUT2D eigenvalue weighted by atomic mass is 9.56. The van der Waals surface area contributed by atoms with Crippen molar-refractivity contribution in [3.63, 3.8) is 0 Å². The SMILES string of the molecule is CCCC(=O)N1c2c(O)cccc2[C@]23CCN4CC[C@H](C[C@@H]12)C1=CCO[C@]143. The average molecular weight is 366 g/mol. The van der Waals surface area contributed by atoms with Gasteiger partial charge in [0.25, 0.3) is 0 Å². The maximum Gasteiger partial charge on any atom is 0.227 e. The van der Waals surface area contributed by atoms with Crippen LogP contribution in [0, 0.1) is 5.92 Å². The molecule has 5 aliphatic rings. The smallest absolute Gasteiger partial charge is 0.227 e. The third-order valence-corrected chi connectivity index (χ3v) is 7.86. The number of rotatable bonds is 2. The summed E-state index contributed by atoms with van der Waals surface area (Å²) in [6, 6.07) is 5.86. The molecule has 0 aromatic heterocycles. The summed E-state index contributed by atoms with van der Waals surface area (Å²) in [5.74, 6) is 0.850. The van der Waals surface area contributed by atoms with Crippen LogP contribution in [0.5, 0.6) is 5.75 Å². The van der Waals surface area contributed by atoms with E-state index in [1.807, 2.05) is 17.9 Å². The number of carbonyl (C=O) groups is 1. The first kappa shape index (κ1) is 16.1. The number of ether oxygens (including phenoxy) is 1. The van der Waals surface area contributed by atoms with Crippen LogP contribution >= 0.6 is 0 Å². The number of anilines is 1. The molecule has 1 aliphatic carbocycles. The van der Waals surface area contributed by atoms with E-state index in [1.54, 1.807) is 6.07 Å². The number of phenolic OH excluding ortho intramolecular Hbond substituents is 1. The summed E-state index contributed by atoms with van der Waals surface area (Å²) in [5, 5.41) is 10.8. The van der Waals surface area contributed by atoms with E-state index < -0.39 is 5.72 Å². The van der Waals surface area contributed by atoms with Crippen LogP contribution in [0.3, 0.4) is 0 Å². The van der Waals surface area contributed by atoms with Gasteiger partial charge in [0.05, 0.1) is 23.8 Å². The lowest BCUT2D eigenvalue weighted by molar-refractivity contribution is -0.158. The van der Waals surface area contributed by atoms with Gasteiger partial charge >= 0.3 is 0 Å². The van der Waals surface area contributed by atoms with E-state index in [9.17, 15) is 9.90 Å². The fourth-order valence-electron chi connectivity index (χ4n) is 7.10. The molecule has 5 nitrogen and oxygen atoms in total. The standard InChI is InChI=1S/C22H26N2O3/c1-2-4-19(26)24-18-13-14-7-10-23-11-9-21(18,22(23)15(14)8-12-27-22)16-5-3-6-17(25)20(16)24/h3,5-6,8,14,18,25H,2,4,7,9-13H2,1H3/t14-,18-,21-,22+/m1/s1. The van der Waals surface area contributed by atoms with Crippen molar-refractivity contribution >= 4 is 11.6 Å². The molecule has 2 spiro atoms. The molecule has 142 valence electrons. The minimum atomic E-state index is -0.414. The maximum absolute atomic E-state index is 13.2. The Kier molecular flexibility index (Phi) is 3.08. The number of carbonyl (C=O) groups excluding carboxylic acids is 1. The van der Waals surface area contributed by atoms with Crippen molar-refractivity contribution in [3.05, 3.63) is 35.4 Å². The predicted molar refractivity (Wildman–Crippen MR) is 102 cm³/mol. The van der Waals surface area contributed by atoms with Gasteiger partial charge in [0.1, 0.15) is 5.75 Å². The van der Waals surface area contributed by atoms with E-state index in [4.69, 9.17) is 4.74 Å². The number of piperidine rings is 1. The molecule has 1 aromatic rings. The number of phenols is 1. The number of hydrogen-bond acceptors (Lipinski definition) is 4. The summed E-state index contributed by atoms with van der Waals surface area (Å²) >= 11 is 0. The van der Waals surface area contributed by atoms with Crippen LogP contribution in [-0.2, 0) is 14.9 Å². The highest BCUT2D eigenvalue weighted by Gasteiger charge is 2.75. The van der Waals surface area contributed by atoms with Gasteiger partial charge in [-0.1, -0.05) is 25.1 Å². The Morgan fingerprint density at radius 1 is 1.37 bits per heavy atom. The number of aromatic hydroxyl groups is 1. The van der Waals surface area contributed by atoms with Gasteiger partial charge in [-0.3, -0.25) is 9.69 Å². The third kappa shape index (κ3) is 1.60. The molecule has 2 saturated heterocycles. The minimum absolute atomic E-state index is 0.0744. The topological polar surface area (TPSA) is 53.0 Å². The largest absolute Gasteiger partial charge is 0.506 e. The summed E-state index contributed by atoms with van der Waals surface area (Å²) in [5.41, 5.74) is 2.64. The first-order chi connectivity index (χ1) is 13.1. The fraction of sp³-hybridized carbons (Fsp3) is 0.591. The van der Waals surface area contributed by atoms with Crippen LogP contribution in [0.2, 0.25) is 0 Å². The Hall–Kier alpha value is -1.85. The van der Waals surface area contributed by atoms with Gasteiger partial charge in [-0.2, -0.15) is 0 Å². The van der Waals surface area contributed by atoms with Crippen LogP contribution in [0.15, 0.2) is 29.8 Å². The van der Waals surface area contributed by atoms with Crippen LogP contribution in [0.1, 0.15) is 44.6 Å². The van der Waals surface area contributed by atoms with Crippen molar-refractivity contribution in [1.29, 1.82) is 0 Å². The van der Waals surface area contributed by atoms with E-state index in [0.717, 1.165) is 50.0 Å². The van der Waals surface area contributed by atoms with Crippen LogP contribution in [-0.4, -0.2) is 47.4 Å². The molecule has 4 heterocycles. The monoisotopic (exact) mass is 366 g/mol. The molecule has 27 heavy (non-hydrogen) atoms. The Bertz CT molecular complexity index is 880. The van der Waals surface area contributed by atoms with Crippen molar-refractivity contribution in [2.75, 3.05) is 24.6 Å². The zero-order valence-electron chi connectivity index (χ0n) is 15.8. The predicted octanol–water partition coefficient (Wildman–Crippen LogP) is 2.93. The molecule has 1 saturated carbocycles. The Balaban J connectivity index is 1.64. The van der Waals surface area contributed by atoms with Crippen LogP contribution in [0.4, 0.5) is 5.69 Å². The summed E-state index contributed by atoms with van der Waals surface area (Å²) in [6.07, 6.45) is 6.74. The first-order valence-electron chi connectivity index (χ1n) is 10.4. The van der Waals surface area contributed by atoms with Crippen LogP contribution in [0.25, 0.3) is 0 Å². The number of amides is 1. The van der Waals surface area contributed by atoms with Gasteiger partial charge in [0.2, 0.25) is 5.91 Å². The first-order valence-corrected chi connectivity index (χ1v) is 10.4. The highest BCUT2D eigenvalue weighted by Crippen LogP contribution is 2.69. The summed E-state index contributed by atoms with van der Waals surface area (Å²) in [6.45, 7) is 4.76. The van der Waals surface area contributed by atoms with Gasteiger partial charge in [0.15, 0.2) is 5.72 Å². The molecule has 2 bridgehead atoms. The fourth-order valence-corrected chi connectivity index (χ4v) is 7.10. The van der Waals surface area contributed by atoms with Crippen molar-refractivity contribution in [1.82, 2.24) is 4.90 Å². The zero-order chi connectivity index (χ0) is 18.4. The van der Waals surface area contributed by atoms with Gasteiger partial charge in [-0.15, -0.1) is 0 Å². The van der Waals surface area contributed by atoms with Gasteiger partial charge in [-0.25, -0.2) is 0 Å². The van der Waals surface area contributed by atoms with Crippen molar-refractivity contribution < 1.29 is 14.6 Å². The molecule has 6 rings (SSSR count). The van der Waals surface area contributed by atoms with Gasteiger partial charge in [0, 0.05) is 19.5 Å². The second kappa shape index (κ2) is 5.15. The minimum Gasteiger partial charge on any atom is -0.506 e. The molecule has 3 fully saturated rings. The van der Waals surface area contributed by atoms with Gasteiger partial charge < -0.3 is 14.7 Å².